The molecule has 3 aromatic rings. The molecule has 0 radical (unpaired) electrons. The van der Waals surface area contributed by atoms with Crippen LogP contribution in [-0.4, -0.2) is 34.0 Å². The number of hydrogen-bond acceptors (Lipinski definition) is 4. The van der Waals surface area contributed by atoms with Crippen molar-refractivity contribution in [2.45, 2.75) is 71.3 Å². The number of amides is 1. The Labute approximate surface area is 207 Å². The second kappa shape index (κ2) is 11.5. The van der Waals surface area contributed by atoms with Gasteiger partial charge in [0.1, 0.15) is 11.6 Å². The molecule has 1 saturated carbocycles. The van der Waals surface area contributed by atoms with Gasteiger partial charge in [-0.1, -0.05) is 63.3 Å². The van der Waals surface area contributed by atoms with Crippen molar-refractivity contribution in [1.82, 2.24) is 14.5 Å². The van der Waals surface area contributed by atoms with E-state index in [1.807, 2.05) is 54.3 Å². The van der Waals surface area contributed by atoms with Crippen LogP contribution in [0.1, 0.15) is 77.1 Å². The number of methoxy groups -OCH3 is 1. The largest absolute Gasteiger partial charge is 0.495 e. The standard InChI is InChI=1S/C29H37N3O3/c1-4-5-13-20-31(28(33)22-14-7-6-8-15-22)21(2)27-30-24-17-10-9-16-23(24)29(34)32(27)25-18-11-12-19-26(25)35-3/h9-12,16-19,21-22H,4-8,13-15,20H2,1-3H3. The van der Waals surface area contributed by atoms with Crippen molar-refractivity contribution < 1.29 is 9.53 Å². The zero-order valence-electron chi connectivity index (χ0n) is 21.2. The molecular formula is C29H37N3O3. The Kier molecular flexibility index (Phi) is 8.21. The third kappa shape index (κ3) is 5.26. The Morgan fingerprint density at radius 2 is 1.80 bits per heavy atom. The molecule has 0 aliphatic heterocycles. The Morgan fingerprint density at radius 1 is 1.09 bits per heavy atom. The third-order valence-corrected chi connectivity index (χ3v) is 7.21. The van der Waals surface area contributed by atoms with Crippen LogP contribution in [0.4, 0.5) is 0 Å². The lowest BCUT2D eigenvalue weighted by Gasteiger charge is -2.34. The topological polar surface area (TPSA) is 64.4 Å². The predicted molar refractivity (Wildman–Crippen MR) is 140 cm³/mol. The Balaban J connectivity index is 1.86. The molecule has 0 spiro atoms. The summed E-state index contributed by atoms with van der Waals surface area (Å²) < 4.78 is 7.26. The van der Waals surface area contributed by atoms with Crippen LogP contribution in [0.15, 0.2) is 53.3 Å². The minimum absolute atomic E-state index is 0.0553. The number of carbonyl (C=O) groups excluding carboxylic acids is 1. The summed E-state index contributed by atoms with van der Waals surface area (Å²) >= 11 is 0. The zero-order chi connectivity index (χ0) is 24.8. The first kappa shape index (κ1) is 25.0. The Bertz CT molecular complexity index is 1210. The van der Waals surface area contributed by atoms with Crippen LogP contribution in [0, 0.1) is 5.92 Å². The molecule has 0 N–H and O–H groups in total. The molecule has 35 heavy (non-hydrogen) atoms. The molecule has 2 aromatic carbocycles. The Hall–Kier alpha value is -3.15. The number of fused-ring (bicyclic) bond motifs is 1. The lowest BCUT2D eigenvalue weighted by Crippen LogP contribution is -2.41. The van der Waals surface area contributed by atoms with Crippen LogP contribution < -0.4 is 10.3 Å². The number of unbranched alkanes of at least 4 members (excludes halogenated alkanes) is 2. The van der Waals surface area contributed by atoms with Crippen molar-refractivity contribution in [3.8, 4) is 11.4 Å². The van der Waals surface area contributed by atoms with Gasteiger partial charge < -0.3 is 9.64 Å². The maximum atomic E-state index is 13.8. The van der Waals surface area contributed by atoms with E-state index < -0.39 is 0 Å². The molecule has 6 heteroatoms. The first-order valence-electron chi connectivity index (χ1n) is 13.0. The average molecular weight is 476 g/mol. The van der Waals surface area contributed by atoms with E-state index in [4.69, 9.17) is 9.72 Å². The van der Waals surface area contributed by atoms with Crippen LogP contribution in [0.5, 0.6) is 5.75 Å². The van der Waals surface area contributed by atoms with E-state index >= 15 is 0 Å². The lowest BCUT2D eigenvalue weighted by molar-refractivity contribution is -0.139. The van der Waals surface area contributed by atoms with Gasteiger partial charge in [0.15, 0.2) is 0 Å². The van der Waals surface area contributed by atoms with Crippen molar-refractivity contribution in [2.75, 3.05) is 13.7 Å². The van der Waals surface area contributed by atoms with Crippen LogP contribution in [-0.2, 0) is 4.79 Å². The molecule has 1 aliphatic rings. The van der Waals surface area contributed by atoms with Crippen molar-refractivity contribution in [1.29, 1.82) is 0 Å². The number of carbonyl (C=O) groups is 1. The number of para-hydroxylation sites is 3. The number of rotatable bonds is 9. The first-order chi connectivity index (χ1) is 17.1. The zero-order valence-corrected chi connectivity index (χ0v) is 21.2. The monoisotopic (exact) mass is 475 g/mol. The van der Waals surface area contributed by atoms with Gasteiger partial charge in [0.05, 0.1) is 29.7 Å². The highest BCUT2D eigenvalue weighted by atomic mass is 16.5. The van der Waals surface area contributed by atoms with E-state index in [1.165, 1.54) is 6.42 Å². The molecule has 1 heterocycles. The van der Waals surface area contributed by atoms with Gasteiger partial charge in [0.25, 0.3) is 5.56 Å². The highest BCUT2D eigenvalue weighted by Gasteiger charge is 2.32. The molecule has 4 rings (SSSR count). The van der Waals surface area contributed by atoms with Gasteiger partial charge in [-0.15, -0.1) is 0 Å². The summed E-state index contributed by atoms with van der Waals surface area (Å²) in [6.45, 7) is 4.84. The van der Waals surface area contributed by atoms with Gasteiger partial charge >= 0.3 is 0 Å². The molecule has 0 saturated heterocycles. The van der Waals surface area contributed by atoms with Crippen LogP contribution in [0.2, 0.25) is 0 Å². The molecule has 186 valence electrons. The van der Waals surface area contributed by atoms with E-state index in [1.54, 1.807) is 17.7 Å². The van der Waals surface area contributed by atoms with E-state index in [0.717, 1.165) is 44.9 Å². The average Bonchev–Trinajstić information content (AvgIpc) is 2.91. The summed E-state index contributed by atoms with van der Waals surface area (Å²) in [6, 6.07) is 14.5. The van der Waals surface area contributed by atoms with Crippen LogP contribution in [0.3, 0.4) is 0 Å². The maximum absolute atomic E-state index is 13.8. The van der Waals surface area contributed by atoms with Crippen molar-refractivity contribution in [3.05, 3.63) is 64.7 Å². The van der Waals surface area contributed by atoms with E-state index in [2.05, 4.69) is 6.92 Å². The van der Waals surface area contributed by atoms with Gasteiger partial charge in [-0.05, 0) is 50.5 Å². The summed E-state index contributed by atoms with van der Waals surface area (Å²) in [7, 11) is 1.60. The second-order valence-corrected chi connectivity index (χ2v) is 9.55. The second-order valence-electron chi connectivity index (χ2n) is 9.55. The van der Waals surface area contributed by atoms with Crippen molar-refractivity contribution in [3.63, 3.8) is 0 Å². The number of hydrogen-bond donors (Lipinski definition) is 0. The third-order valence-electron chi connectivity index (χ3n) is 7.21. The fourth-order valence-corrected chi connectivity index (χ4v) is 5.23. The highest BCUT2D eigenvalue weighted by molar-refractivity contribution is 5.80. The van der Waals surface area contributed by atoms with Crippen molar-refractivity contribution >= 4 is 16.8 Å². The van der Waals surface area contributed by atoms with Crippen molar-refractivity contribution in [2.24, 2.45) is 5.92 Å². The summed E-state index contributed by atoms with van der Waals surface area (Å²) in [4.78, 5) is 34.6. The molecule has 0 bridgehead atoms. The summed E-state index contributed by atoms with van der Waals surface area (Å²) in [5, 5.41) is 0.547. The van der Waals surface area contributed by atoms with Gasteiger partial charge in [-0.3, -0.25) is 14.2 Å². The lowest BCUT2D eigenvalue weighted by atomic mass is 9.88. The van der Waals surface area contributed by atoms with Gasteiger partial charge in [-0.2, -0.15) is 0 Å². The van der Waals surface area contributed by atoms with Gasteiger partial charge in [-0.25, -0.2) is 4.98 Å². The van der Waals surface area contributed by atoms with Gasteiger partial charge in [0, 0.05) is 12.5 Å². The Morgan fingerprint density at radius 3 is 2.54 bits per heavy atom. The number of benzene rings is 2. The number of aromatic nitrogens is 2. The fraction of sp³-hybridized carbons (Fsp3) is 0.483. The van der Waals surface area contributed by atoms with Gasteiger partial charge in [0.2, 0.25) is 5.91 Å². The number of nitrogens with zero attached hydrogens (tertiary/aromatic N) is 3. The quantitative estimate of drug-likeness (QED) is 0.353. The van der Waals surface area contributed by atoms with Crippen LogP contribution >= 0.6 is 0 Å². The molecule has 1 unspecified atom stereocenters. The minimum atomic E-state index is -0.358. The molecule has 1 aliphatic carbocycles. The normalized spacial score (nSPS) is 15.2. The molecule has 6 nitrogen and oxygen atoms in total. The summed E-state index contributed by atoms with van der Waals surface area (Å²) in [5.74, 6) is 1.41. The molecule has 1 atom stereocenters. The van der Waals surface area contributed by atoms with E-state index in [-0.39, 0.29) is 23.4 Å². The number of ether oxygens (including phenoxy) is 1. The fourth-order valence-electron chi connectivity index (χ4n) is 5.23. The minimum Gasteiger partial charge on any atom is -0.495 e. The highest BCUT2D eigenvalue weighted by Crippen LogP contribution is 2.31. The molecular weight excluding hydrogens is 438 g/mol. The smallest absolute Gasteiger partial charge is 0.266 e. The van der Waals surface area contributed by atoms with E-state index in [0.29, 0.717) is 34.7 Å². The first-order valence-corrected chi connectivity index (χ1v) is 13.0. The molecule has 1 amide bonds. The summed E-state index contributed by atoms with van der Waals surface area (Å²) in [6.07, 6.45) is 8.38. The predicted octanol–water partition coefficient (Wildman–Crippen LogP) is 6.05. The SMILES string of the molecule is CCCCCN(C(=O)C1CCCCC1)C(C)c1nc2ccccc2c(=O)n1-c1ccccc1OC. The molecule has 1 aromatic heterocycles. The van der Waals surface area contributed by atoms with E-state index in [9.17, 15) is 9.59 Å². The van der Waals surface area contributed by atoms with Crippen LogP contribution in [0.25, 0.3) is 16.6 Å². The maximum Gasteiger partial charge on any atom is 0.266 e. The molecule has 1 fully saturated rings. The summed E-state index contributed by atoms with van der Waals surface area (Å²) in [5.41, 5.74) is 1.13.